The highest BCUT2D eigenvalue weighted by Gasteiger charge is 2.31. The van der Waals surface area contributed by atoms with Crippen LogP contribution in [-0.2, 0) is 16.6 Å². The number of nitrogens with zero attached hydrogens (tertiary/aromatic N) is 2. The average molecular weight is 314 g/mol. The minimum atomic E-state index is -3.46. The van der Waals surface area contributed by atoms with Crippen LogP contribution in [0.1, 0.15) is 44.0 Å². The van der Waals surface area contributed by atoms with Crippen LogP contribution in [0.3, 0.4) is 0 Å². The van der Waals surface area contributed by atoms with Crippen LogP contribution in [0, 0.1) is 12.8 Å². The van der Waals surface area contributed by atoms with E-state index in [0.717, 1.165) is 25.7 Å². The van der Waals surface area contributed by atoms with Crippen molar-refractivity contribution in [1.29, 1.82) is 0 Å². The molecule has 1 unspecified atom stereocenters. The average Bonchev–Trinajstić information content (AvgIpc) is 2.68. The van der Waals surface area contributed by atoms with Crippen molar-refractivity contribution in [3.8, 4) is 0 Å². The molecule has 0 saturated carbocycles. The number of hydrogen-bond donors (Lipinski definition) is 2. The Balaban J connectivity index is 2.27. The summed E-state index contributed by atoms with van der Waals surface area (Å²) in [6.07, 6.45) is 4.14. The topological polar surface area (TPSA) is 78.1 Å². The van der Waals surface area contributed by atoms with Gasteiger partial charge in [0.05, 0.1) is 11.4 Å². The Morgan fingerprint density at radius 2 is 2.14 bits per heavy atom. The Labute approximate surface area is 127 Å². The van der Waals surface area contributed by atoms with E-state index in [0.29, 0.717) is 41.8 Å². The summed E-state index contributed by atoms with van der Waals surface area (Å²) < 4.78 is 27.5. The molecule has 7 heteroatoms. The number of aromatic amines is 1. The van der Waals surface area contributed by atoms with Crippen LogP contribution in [0.5, 0.6) is 0 Å². The van der Waals surface area contributed by atoms with Gasteiger partial charge in [-0.05, 0) is 39.2 Å². The molecule has 0 aliphatic carbocycles. The van der Waals surface area contributed by atoms with Gasteiger partial charge in [0.25, 0.3) is 0 Å². The lowest BCUT2D eigenvalue weighted by molar-refractivity contribution is 0.407. The number of nitrogens with one attached hydrogen (secondary N) is 2. The lowest BCUT2D eigenvalue weighted by Gasteiger charge is -2.20. The minimum absolute atomic E-state index is 0.354. The molecular weight excluding hydrogens is 288 g/mol. The number of aryl methyl sites for hydroxylation is 1. The summed E-state index contributed by atoms with van der Waals surface area (Å²) in [7, 11) is -1.67. The van der Waals surface area contributed by atoms with E-state index in [1.807, 2.05) is 0 Å². The summed E-state index contributed by atoms with van der Waals surface area (Å²) in [5, 5.41) is 9.91. The van der Waals surface area contributed by atoms with Gasteiger partial charge in [-0.15, -0.1) is 0 Å². The first-order chi connectivity index (χ1) is 10.0. The second kappa shape index (κ2) is 6.89. The lowest BCUT2D eigenvalue weighted by Crippen LogP contribution is -2.33. The van der Waals surface area contributed by atoms with Crippen LogP contribution in [0.2, 0.25) is 0 Å². The predicted molar refractivity (Wildman–Crippen MR) is 82.5 cm³/mol. The second-order valence-corrected chi connectivity index (χ2v) is 7.64. The first-order valence-electron chi connectivity index (χ1n) is 7.69. The van der Waals surface area contributed by atoms with E-state index in [4.69, 9.17) is 0 Å². The van der Waals surface area contributed by atoms with Crippen molar-refractivity contribution < 1.29 is 8.42 Å². The zero-order valence-corrected chi connectivity index (χ0v) is 14.0. The fourth-order valence-corrected chi connectivity index (χ4v) is 4.84. The van der Waals surface area contributed by atoms with Crippen LogP contribution in [0.4, 0.5) is 0 Å². The fourth-order valence-electron chi connectivity index (χ4n) is 3.02. The van der Waals surface area contributed by atoms with Crippen molar-refractivity contribution in [2.24, 2.45) is 5.92 Å². The normalized spacial score (nSPS) is 21.4. The molecule has 2 rings (SSSR count). The zero-order valence-electron chi connectivity index (χ0n) is 13.1. The highest BCUT2D eigenvalue weighted by atomic mass is 32.2. The molecule has 1 aliphatic rings. The predicted octanol–water partition coefficient (Wildman–Crippen LogP) is 1.64. The summed E-state index contributed by atoms with van der Waals surface area (Å²) in [5.74, 6) is 0.646. The summed E-state index contributed by atoms with van der Waals surface area (Å²) >= 11 is 0. The van der Waals surface area contributed by atoms with Crippen LogP contribution >= 0.6 is 0 Å². The summed E-state index contributed by atoms with van der Waals surface area (Å²) in [4.78, 5) is 0.354. The van der Waals surface area contributed by atoms with Crippen LogP contribution < -0.4 is 5.32 Å². The Morgan fingerprint density at radius 3 is 2.81 bits per heavy atom. The Kier molecular flexibility index (Phi) is 5.40. The van der Waals surface area contributed by atoms with Gasteiger partial charge in [-0.25, -0.2) is 8.42 Å². The SMILES string of the molecule is CCC1CCCN(S(=O)(=O)c2c(CNC)n[nH]c2C)CC1. The van der Waals surface area contributed by atoms with Gasteiger partial charge in [0.15, 0.2) is 0 Å². The van der Waals surface area contributed by atoms with E-state index >= 15 is 0 Å². The molecule has 21 heavy (non-hydrogen) atoms. The third-order valence-electron chi connectivity index (χ3n) is 4.29. The first-order valence-corrected chi connectivity index (χ1v) is 9.13. The first kappa shape index (κ1) is 16.5. The molecule has 1 aromatic heterocycles. The zero-order chi connectivity index (χ0) is 15.5. The minimum Gasteiger partial charge on any atom is -0.314 e. The van der Waals surface area contributed by atoms with Crippen molar-refractivity contribution in [1.82, 2.24) is 19.8 Å². The number of aromatic nitrogens is 2. The number of rotatable bonds is 5. The van der Waals surface area contributed by atoms with E-state index in [-0.39, 0.29) is 0 Å². The van der Waals surface area contributed by atoms with E-state index in [1.165, 1.54) is 0 Å². The summed E-state index contributed by atoms with van der Waals surface area (Å²) in [6.45, 7) is 5.63. The maximum Gasteiger partial charge on any atom is 0.246 e. The summed E-state index contributed by atoms with van der Waals surface area (Å²) in [6, 6.07) is 0. The van der Waals surface area contributed by atoms with Crippen molar-refractivity contribution in [3.05, 3.63) is 11.4 Å². The number of H-pyrrole nitrogens is 1. The van der Waals surface area contributed by atoms with Crippen LogP contribution in [0.25, 0.3) is 0 Å². The van der Waals surface area contributed by atoms with E-state index < -0.39 is 10.0 Å². The lowest BCUT2D eigenvalue weighted by atomic mass is 9.98. The van der Waals surface area contributed by atoms with Crippen LogP contribution in [0.15, 0.2) is 4.90 Å². The Morgan fingerprint density at radius 1 is 1.38 bits per heavy atom. The molecule has 1 aliphatic heterocycles. The van der Waals surface area contributed by atoms with Gasteiger partial charge >= 0.3 is 0 Å². The van der Waals surface area contributed by atoms with E-state index in [2.05, 4.69) is 22.4 Å². The van der Waals surface area contributed by atoms with Crippen molar-refractivity contribution in [3.63, 3.8) is 0 Å². The molecule has 6 nitrogen and oxygen atoms in total. The molecule has 2 heterocycles. The molecule has 0 amide bonds. The molecule has 0 spiro atoms. The molecule has 2 N–H and O–H groups in total. The maximum atomic E-state index is 13.0. The fraction of sp³-hybridized carbons (Fsp3) is 0.786. The standard InChI is InChI=1S/C14H26N4O2S/c1-4-12-6-5-8-18(9-7-12)21(19,20)14-11(2)16-17-13(14)10-15-3/h12,15H,4-10H2,1-3H3,(H,16,17). The third kappa shape index (κ3) is 3.46. The van der Waals surface area contributed by atoms with Crippen LogP contribution in [-0.4, -0.2) is 43.1 Å². The quantitative estimate of drug-likeness (QED) is 0.866. The van der Waals surface area contributed by atoms with E-state index in [9.17, 15) is 8.42 Å². The second-order valence-electron chi connectivity index (χ2n) is 5.76. The van der Waals surface area contributed by atoms with Gasteiger partial charge in [0.1, 0.15) is 4.90 Å². The Hall–Kier alpha value is -0.920. The molecule has 1 saturated heterocycles. The molecule has 0 radical (unpaired) electrons. The molecule has 120 valence electrons. The smallest absolute Gasteiger partial charge is 0.246 e. The molecule has 1 fully saturated rings. The monoisotopic (exact) mass is 314 g/mol. The highest BCUT2D eigenvalue weighted by molar-refractivity contribution is 7.89. The molecule has 0 bridgehead atoms. The third-order valence-corrected chi connectivity index (χ3v) is 6.39. The van der Waals surface area contributed by atoms with Crippen molar-refractivity contribution in [2.45, 2.75) is 51.0 Å². The summed E-state index contributed by atoms with van der Waals surface area (Å²) in [5.41, 5.74) is 1.20. The molecular formula is C14H26N4O2S. The van der Waals surface area contributed by atoms with Crippen molar-refractivity contribution in [2.75, 3.05) is 20.1 Å². The number of sulfonamides is 1. The van der Waals surface area contributed by atoms with Gasteiger partial charge < -0.3 is 5.32 Å². The molecule has 1 atom stereocenters. The van der Waals surface area contributed by atoms with Crippen molar-refractivity contribution >= 4 is 10.0 Å². The largest absolute Gasteiger partial charge is 0.314 e. The Bertz CT molecular complexity index is 568. The number of hydrogen-bond acceptors (Lipinski definition) is 4. The van der Waals surface area contributed by atoms with Gasteiger partial charge in [-0.3, -0.25) is 5.10 Å². The van der Waals surface area contributed by atoms with Gasteiger partial charge in [0.2, 0.25) is 10.0 Å². The molecule has 0 aromatic carbocycles. The van der Waals surface area contributed by atoms with Gasteiger partial charge in [-0.2, -0.15) is 9.40 Å². The van der Waals surface area contributed by atoms with Gasteiger partial charge in [0, 0.05) is 19.6 Å². The molecule has 1 aromatic rings. The van der Waals surface area contributed by atoms with Gasteiger partial charge in [-0.1, -0.05) is 13.3 Å². The maximum absolute atomic E-state index is 13.0. The van der Waals surface area contributed by atoms with E-state index in [1.54, 1.807) is 18.3 Å². The highest BCUT2D eigenvalue weighted by Crippen LogP contribution is 2.27.